The molecule has 6 heteroatoms. The van der Waals surface area contributed by atoms with E-state index < -0.39 is 12.1 Å². The van der Waals surface area contributed by atoms with E-state index in [9.17, 15) is 9.59 Å². The third-order valence-corrected chi connectivity index (χ3v) is 2.48. The van der Waals surface area contributed by atoms with Crippen LogP contribution in [0.4, 0.5) is 4.79 Å². The number of imide groups is 1. The van der Waals surface area contributed by atoms with Gasteiger partial charge in [0.1, 0.15) is 5.76 Å². The number of furan rings is 1. The maximum absolute atomic E-state index is 11.6. The fourth-order valence-corrected chi connectivity index (χ4v) is 1.57. The average Bonchev–Trinajstić information content (AvgIpc) is 2.81. The molecule has 1 rings (SSSR count). The van der Waals surface area contributed by atoms with E-state index in [2.05, 4.69) is 16.0 Å². The molecule has 0 radical (unpaired) electrons. The van der Waals surface area contributed by atoms with Crippen LogP contribution in [0, 0.1) is 0 Å². The second kappa shape index (κ2) is 6.80. The van der Waals surface area contributed by atoms with Gasteiger partial charge in [0, 0.05) is 19.5 Å². The van der Waals surface area contributed by atoms with Crippen LogP contribution in [0.5, 0.6) is 0 Å². The van der Waals surface area contributed by atoms with E-state index in [1.54, 1.807) is 13.2 Å². The number of hydrogen-bond acceptors (Lipinski definition) is 4. The Morgan fingerprint density at radius 2 is 2.11 bits per heavy atom. The molecular formula is C12H19N3O3. The van der Waals surface area contributed by atoms with E-state index in [0.29, 0.717) is 6.42 Å². The van der Waals surface area contributed by atoms with Crippen LogP contribution in [-0.4, -0.2) is 31.1 Å². The summed E-state index contributed by atoms with van der Waals surface area (Å²) in [6.45, 7) is 3.66. The highest BCUT2D eigenvalue weighted by Crippen LogP contribution is 2.04. The Morgan fingerprint density at radius 3 is 2.67 bits per heavy atom. The van der Waals surface area contributed by atoms with Crippen molar-refractivity contribution in [3.8, 4) is 0 Å². The second-order valence-corrected chi connectivity index (χ2v) is 4.14. The zero-order chi connectivity index (χ0) is 13.5. The van der Waals surface area contributed by atoms with Crippen LogP contribution in [0.2, 0.25) is 0 Å². The van der Waals surface area contributed by atoms with E-state index >= 15 is 0 Å². The minimum absolute atomic E-state index is 0.0709. The SMILES string of the molecule is CNC(=O)NC(=O)C(C)NC(C)Cc1ccco1. The predicted molar refractivity (Wildman–Crippen MR) is 67.1 cm³/mol. The summed E-state index contributed by atoms with van der Waals surface area (Å²) in [7, 11) is 1.46. The first kappa shape index (κ1) is 14.2. The topological polar surface area (TPSA) is 83.4 Å². The van der Waals surface area contributed by atoms with Gasteiger partial charge in [-0.2, -0.15) is 0 Å². The molecule has 1 aromatic rings. The van der Waals surface area contributed by atoms with Crippen molar-refractivity contribution in [1.82, 2.24) is 16.0 Å². The van der Waals surface area contributed by atoms with Gasteiger partial charge in [0.05, 0.1) is 12.3 Å². The molecule has 0 aromatic carbocycles. The summed E-state index contributed by atoms with van der Waals surface area (Å²) in [6, 6.07) is 2.82. The lowest BCUT2D eigenvalue weighted by Gasteiger charge is -2.18. The molecule has 1 heterocycles. The standard InChI is InChI=1S/C12H19N3O3/c1-8(7-10-5-4-6-18-10)14-9(2)11(16)15-12(17)13-3/h4-6,8-9,14H,7H2,1-3H3,(H2,13,15,16,17). The molecule has 100 valence electrons. The molecule has 0 saturated carbocycles. The Labute approximate surface area is 106 Å². The van der Waals surface area contributed by atoms with Crippen LogP contribution in [0.3, 0.4) is 0 Å². The first-order valence-electron chi connectivity index (χ1n) is 5.84. The van der Waals surface area contributed by atoms with Crippen molar-refractivity contribution in [2.75, 3.05) is 7.05 Å². The first-order valence-corrected chi connectivity index (χ1v) is 5.84. The van der Waals surface area contributed by atoms with E-state index in [4.69, 9.17) is 4.42 Å². The Kier molecular flexibility index (Phi) is 5.38. The second-order valence-electron chi connectivity index (χ2n) is 4.14. The molecule has 6 nitrogen and oxygen atoms in total. The van der Waals surface area contributed by atoms with Crippen molar-refractivity contribution in [3.63, 3.8) is 0 Å². The van der Waals surface area contributed by atoms with E-state index in [0.717, 1.165) is 5.76 Å². The highest BCUT2D eigenvalue weighted by molar-refractivity contribution is 5.96. The molecule has 3 N–H and O–H groups in total. The van der Waals surface area contributed by atoms with Crippen molar-refractivity contribution in [1.29, 1.82) is 0 Å². The van der Waals surface area contributed by atoms with Gasteiger partial charge < -0.3 is 15.1 Å². The number of hydrogen-bond donors (Lipinski definition) is 3. The maximum Gasteiger partial charge on any atom is 0.321 e. The molecule has 0 spiro atoms. The summed E-state index contributed by atoms with van der Waals surface area (Å²) in [4.78, 5) is 22.6. The minimum Gasteiger partial charge on any atom is -0.469 e. The highest BCUT2D eigenvalue weighted by Gasteiger charge is 2.17. The van der Waals surface area contributed by atoms with E-state index in [1.807, 2.05) is 19.1 Å². The fourth-order valence-electron chi connectivity index (χ4n) is 1.57. The molecule has 2 unspecified atom stereocenters. The zero-order valence-corrected chi connectivity index (χ0v) is 10.8. The van der Waals surface area contributed by atoms with Gasteiger partial charge >= 0.3 is 6.03 Å². The van der Waals surface area contributed by atoms with Crippen molar-refractivity contribution < 1.29 is 14.0 Å². The molecule has 1 aromatic heterocycles. The van der Waals surface area contributed by atoms with Gasteiger partial charge in [-0.1, -0.05) is 0 Å². The lowest BCUT2D eigenvalue weighted by atomic mass is 10.1. The fraction of sp³-hybridized carbons (Fsp3) is 0.500. The van der Waals surface area contributed by atoms with Crippen LogP contribution >= 0.6 is 0 Å². The molecule has 0 aliphatic heterocycles. The average molecular weight is 253 g/mol. The Morgan fingerprint density at radius 1 is 1.39 bits per heavy atom. The van der Waals surface area contributed by atoms with Gasteiger partial charge in [-0.3, -0.25) is 10.1 Å². The van der Waals surface area contributed by atoms with Crippen molar-refractivity contribution in [2.24, 2.45) is 0 Å². The maximum atomic E-state index is 11.6. The molecule has 0 bridgehead atoms. The largest absolute Gasteiger partial charge is 0.469 e. The summed E-state index contributed by atoms with van der Waals surface area (Å²) >= 11 is 0. The summed E-state index contributed by atoms with van der Waals surface area (Å²) in [5.41, 5.74) is 0. The Hall–Kier alpha value is -1.82. The third-order valence-electron chi connectivity index (χ3n) is 2.48. The number of amides is 3. The molecule has 3 amide bonds. The summed E-state index contributed by atoms with van der Waals surface area (Å²) < 4.78 is 5.22. The van der Waals surface area contributed by atoms with Gasteiger partial charge in [0.25, 0.3) is 0 Å². The summed E-state index contributed by atoms with van der Waals surface area (Å²) in [5, 5.41) is 7.64. The van der Waals surface area contributed by atoms with Crippen LogP contribution in [0.15, 0.2) is 22.8 Å². The molecule has 2 atom stereocenters. The van der Waals surface area contributed by atoms with Crippen molar-refractivity contribution in [2.45, 2.75) is 32.4 Å². The number of carbonyl (C=O) groups excluding carboxylic acids is 2. The smallest absolute Gasteiger partial charge is 0.321 e. The van der Waals surface area contributed by atoms with Gasteiger partial charge in [0.2, 0.25) is 5.91 Å². The van der Waals surface area contributed by atoms with Crippen LogP contribution < -0.4 is 16.0 Å². The lowest BCUT2D eigenvalue weighted by Crippen LogP contribution is -2.49. The quantitative estimate of drug-likeness (QED) is 0.719. The Bertz CT molecular complexity index is 389. The minimum atomic E-state index is -0.507. The summed E-state index contributed by atoms with van der Waals surface area (Å²) in [5.74, 6) is 0.495. The third kappa shape index (κ3) is 4.58. The van der Waals surface area contributed by atoms with Crippen LogP contribution in [0.25, 0.3) is 0 Å². The molecule has 0 saturated heterocycles. The number of urea groups is 1. The van der Waals surface area contributed by atoms with Crippen LogP contribution in [-0.2, 0) is 11.2 Å². The van der Waals surface area contributed by atoms with Gasteiger partial charge in [-0.15, -0.1) is 0 Å². The van der Waals surface area contributed by atoms with Gasteiger partial charge in [-0.05, 0) is 26.0 Å². The monoisotopic (exact) mass is 253 g/mol. The van der Waals surface area contributed by atoms with Gasteiger partial charge in [-0.25, -0.2) is 4.79 Å². The van der Waals surface area contributed by atoms with E-state index in [1.165, 1.54) is 7.05 Å². The van der Waals surface area contributed by atoms with Crippen molar-refractivity contribution in [3.05, 3.63) is 24.2 Å². The normalized spacial score (nSPS) is 13.7. The highest BCUT2D eigenvalue weighted by atomic mass is 16.3. The summed E-state index contributed by atoms with van der Waals surface area (Å²) in [6.07, 6.45) is 2.30. The van der Waals surface area contributed by atoms with Gasteiger partial charge in [0.15, 0.2) is 0 Å². The van der Waals surface area contributed by atoms with Crippen molar-refractivity contribution >= 4 is 11.9 Å². The molecule has 0 fully saturated rings. The molecule has 0 aliphatic rings. The molecule has 0 aliphatic carbocycles. The number of carbonyl (C=O) groups is 2. The lowest BCUT2D eigenvalue weighted by molar-refractivity contribution is -0.121. The van der Waals surface area contributed by atoms with Crippen LogP contribution in [0.1, 0.15) is 19.6 Å². The number of rotatable bonds is 5. The predicted octanol–water partition coefficient (Wildman–Crippen LogP) is 0.644. The molecular weight excluding hydrogens is 234 g/mol. The molecule has 18 heavy (non-hydrogen) atoms. The van der Waals surface area contributed by atoms with E-state index in [-0.39, 0.29) is 11.9 Å². The Balaban J connectivity index is 2.36. The zero-order valence-electron chi connectivity index (χ0n) is 10.8. The first-order chi connectivity index (χ1) is 8.52. The number of nitrogens with one attached hydrogen (secondary N) is 3.